The number of hydrogen-bond acceptors (Lipinski definition) is 3. The molecule has 0 aliphatic rings. The highest BCUT2D eigenvalue weighted by Gasteiger charge is 2.12. The highest BCUT2D eigenvalue weighted by atomic mass is 16.3. The van der Waals surface area contributed by atoms with E-state index in [0.717, 1.165) is 11.1 Å². The van der Waals surface area contributed by atoms with Crippen molar-refractivity contribution in [3.63, 3.8) is 0 Å². The van der Waals surface area contributed by atoms with E-state index in [2.05, 4.69) is 5.32 Å². The first-order valence-corrected chi connectivity index (χ1v) is 5.29. The number of carbonyl (C=O) groups excluding carboxylic acids is 1. The molecule has 0 aliphatic carbocycles. The number of amides is 1. The maximum absolute atomic E-state index is 11.2. The van der Waals surface area contributed by atoms with Crippen LogP contribution in [0, 0.1) is 6.92 Å². The molecular formula is C12H18N2O2. The van der Waals surface area contributed by atoms with Crippen LogP contribution < -0.4 is 11.1 Å². The van der Waals surface area contributed by atoms with E-state index >= 15 is 0 Å². The standard InChI is InChI=1S/C12H18N2O2/c1-8-5-3-4-6-10(8)11(15)7-14-12(16)9(2)13/h3-6,9,11,15H,7,13H2,1-2H3,(H,14,16)/t9-,11?/m0/s1. The lowest BCUT2D eigenvalue weighted by Crippen LogP contribution is -2.40. The van der Waals surface area contributed by atoms with Gasteiger partial charge in [-0.1, -0.05) is 24.3 Å². The van der Waals surface area contributed by atoms with E-state index < -0.39 is 12.1 Å². The number of nitrogens with two attached hydrogens (primary N) is 1. The molecule has 4 nitrogen and oxygen atoms in total. The van der Waals surface area contributed by atoms with E-state index in [1.807, 2.05) is 31.2 Å². The summed E-state index contributed by atoms with van der Waals surface area (Å²) in [7, 11) is 0. The summed E-state index contributed by atoms with van der Waals surface area (Å²) in [4.78, 5) is 11.2. The summed E-state index contributed by atoms with van der Waals surface area (Å²) in [6, 6.07) is 6.98. The van der Waals surface area contributed by atoms with Crippen LogP contribution in [0.2, 0.25) is 0 Å². The minimum absolute atomic E-state index is 0.186. The second-order valence-corrected chi connectivity index (χ2v) is 3.91. The number of nitrogens with one attached hydrogen (secondary N) is 1. The van der Waals surface area contributed by atoms with Crippen LogP contribution in [0.5, 0.6) is 0 Å². The molecule has 0 fully saturated rings. The predicted octanol–water partition coefficient (Wildman–Crippen LogP) is 0.492. The Bertz CT molecular complexity index is 364. The number of hydrogen-bond donors (Lipinski definition) is 3. The minimum Gasteiger partial charge on any atom is -0.387 e. The normalized spacial score (nSPS) is 14.2. The van der Waals surface area contributed by atoms with Crippen LogP contribution in [0.4, 0.5) is 0 Å². The molecule has 0 aliphatic heterocycles. The van der Waals surface area contributed by atoms with Gasteiger partial charge < -0.3 is 16.2 Å². The van der Waals surface area contributed by atoms with Crippen LogP contribution in [0.15, 0.2) is 24.3 Å². The van der Waals surface area contributed by atoms with Crippen molar-refractivity contribution in [3.8, 4) is 0 Å². The zero-order chi connectivity index (χ0) is 12.1. The summed E-state index contributed by atoms with van der Waals surface area (Å²) in [6.45, 7) is 3.71. The summed E-state index contributed by atoms with van der Waals surface area (Å²) in [5.41, 5.74) is 7.23. The van der Waals surface area contributed by atoms with Crippen LogP contribution in [0.1, 0.15) is 24.2 Å². The molecule has 1 unspecified atom stereocenters. The fourth-order valence-electron chi connectivity index (χ4n) is 1.43. The molecule has 0 saturated heterocycles. The van der Waals surface area contributed by atoms with Crippen molar-refractivity contribution < 1.29 is 9.90 Å². The number of aliphatic hydroxyl groups excluding tert-OH is 1. The van der Waals surface area contributed by atoms with Gasteiger partial charge in [0, 0.05) is 6.54 Å². The summed E-state index contributed by atoms with van der Waals surface area (Å²) < 4.78 is 0. The van der Waals surface area contributed by atoms with Gasteiger partial charge in [-0.15, -0.1) is 0 Å². The summed E-state index contributed by atoms with van der Waals surface area (Å²) in [6.07, 6.45) is -0.691. The largest absolute Gasteiger partial charge is 0.387 e. The van der Waals surface area contributed by atoms with Crippen molar-refractivity contribution in [2.24, 2.45) is 5.73 Å². The minimum atomic E-state index is -0.691. The lowest BCUT2D eigenvalue weighted by atomic mass is 10.0. The molecule has 2 atom stereocenters. The van der Waals surface area contributed by atoms with Crippen LogP contribution >= 0.6 is 0 Å². The fourth-order valence-corrected chi connectivity index (χ4v) is 1.43. The molecule has 4 N–H and O–H groups in total. The van der Waals surface area contributed by atoms with E-state index in [9.17, 15) is 9.90 Å². The Labute approximate surface area is 95.5 Å². The maximum atomic E-state index is 11.2. The molecular weight excluding hydrogens is 204 g/mol. The first kappa shape index (κ1) is 12.7. The highest BCUT2D eigenvalue weighted by Crippen LogP contribution is 2.15. The Morgan fingerprint density at radius 2 is 2.12 bits per heavy atom. The third-order valence-corrected chi connectivity index (χ3v) is 2.43. The number of benzene rings is 1. The van der Waals surface area contributed by atoms with Gasteiger partial charge in [0.05, 0.1) is 12.1 Å². The average Bonchev–Trinajstić information content (AvgIpc) is 2.25. The topological polar surface area (TPSA) is 75.3 Å². The monoisotopic (exact) mass is 222 g/mol. The summed E-state index contributed by atoms with van der Waals surface area (Å²) in [5.74, 6) is -0.257. The van der Waals surface area contributed by atoms with Crippen molar-refractivity contribution in [2.75, 3.05) is 6.54 Å². The van der Waals surface area contributed by atoms with Crippen molar-refractivity contribution >= 4 is 5.91 Å². The van der Waals surface area contributed by atoms with E-state index in [1.165, 1.54) is 0 Å². The Morgan fingerprint density at radius 1 is 1.50 bits per heavy atom. The first-order chi connectivity index (χ1) is 7.52. The second kappa shape index (κ2) is 5.63. The van der Waals surface area contributed by atoms with E-state index in [-0.39, 0.29) is 12.5 Å². The van der Waals surface area contributed by atoms with Gasteiger partial charge in [0.1, 0.15) is 0 Å². The number of aliphatic hydroxyl groups is 1. The zero-order valence-electron chi connectivity index (χ0n) is 9.60. The van der Waals surface area contributed by atoms with Gasteiger partial charge in [-0.3, -0.25) is 4.79 Å². The van der Waals surface area contributed by atoms with Crippen LogP contribution in [0.3, 0.4) is 0 Å². The third kappa shape index (κ3) is 3.32. The molecule has 16 heavy (non-hydrogen) atoms. The smallest absolute Gasteiger partial charge is 0.236 e. The molecule has 1 aromatic rings. The van der Waals surface area contributed by atoms with E-state index in [1.54, 1.807) is 6.92 Å². The Hall–Kier alpha value is -1.39. The number of rotatable bonds is 4. The van der Waals surface area contributed by atoms with Crippen LogP contribution in [-0.2, 0) is 4.79 Å². The predicted molar refractivity (Wildman–Crippen MR) is 62.8 cm³/mol. The third-order valence-electron chi connectivity index (χ3n) is 2.43. The van der Waals surface area contributed by atoms with Gasteiger partial charge in [0.2, 0.25) is 5.91 Å². The van der Waals surface area contributed by atoms with Gasteiger partial charge in [0.25, 0.3) is 0 Å². The van der Waals surface area contributed by atoms with Gasteiger partial charge in [-0.05, 0) is 25.0 Å². The Morgan fingerprint density at radius 3 is 2.69 bits per heavy atom. The molecule has 4 heteroatoms. The highest BCUT2D eigenvalue weighted by molar-refractivity contribution is 5.80. The Balaban J connectivity index is 2.56. The molecule has 0 radical (unpaired) electrons. The number of aryl methyl sites for hydroxylation is 1. The van der Waals surface area contributed by atoms with Crippen molar-refractivity contribution in [1.82, 2.24) is 5.32 Å². The molecule has 1 amide bonds. The molecule has 0 aromatic heterocycles. The molecule has 0 spiro atoms. The van der Waals surface area contributed by atoms with Crippen molar-refractivity contribution in [2.45, 2.75) is 26.0 Å². The second-order valence-electron chi connectivity index (χ2n) is 3.91. The lowest BCUT2D eigenvalue weighted by Gasteiger charge is -2.15. The van der Waals surface area contributed by atoms with Gasteiger partial charge in [-0.2, -0.15) is 0 Å². The lowest BCUT2D eigenvalue weighted by molar-refractivity contribution is -0.122. The zero-order valence-corrected chi connectivity index (χ0v) is 9.60. The van der Waals surface area contributed by atoms with Crippen molar-refractivity contribution in [1.29, 1.82) is 0 Å². The molecule has 0 heterocycles. The maximum Gasteiger partial charge on any atom is 0.236 e. The summed E-state index contributed by atoms with van der Waals surface area (Å²) in [5, 5.41) is 12.5. The van der Waals surface area contributed by atoms with Crippen LogP contribution in [0.25, 0.3) is 0 Å². The molecule has 88 valence electrons. The molecule has 0 saturated carbocycles. The molecule has 0 bridgehead atoms. The van der Waals surface area contributed by atoms with Gasteiger partial charge in [0.15, 0.2) is 0 Å². The first-order valence-electron chi connectivity index (χ1n) is 5.29. The van der Waals surface area contributed by atoms with E-state index in [0.29, 0.717) is 0 Å². The Kier molecular flexibility index (Phi) is 4.46. The van der Waals surface area contributed by atoms with Gasteiger partial charge in [-0.25, -0.2) is 0 Å². The van der Waals surface area contributed by atoms with Gasteiger partial charge >= 0.3 is 0 Å². The molecule has 1 rings (SSSR count). The fraction of sp³-hybridized carbons (Fsp3) is 0.417. The number of carbonyl (C=O) groups is 1. The molecule has 1 aromatic carbocycles. The van der Waals surface area contributed by atoms with Crippen molar-refractivity contribution in [3.05, 3.63) is 35.4 Å². The van der Waals surface area contributed by atoms with Crippen LogP contribution in [-0.4, -0.2) is 23.6 Å². The van der Waals surface area contributed by atoms with E-state index in [4.69, 9.17) is 5.73 Å². The quantitative estimate of drug-likeness (QED) is 0.694. The average molecular weight is 222 g/mol. The SMILES string of the molecule is Cc1ccccc1C(O)CNC(=O)[C@H](C)N. The summed E-state index contributed by atoms with van der Waals surface area (Å²) >= 11 is 0.